The minimum Gasteiger partial charge on any atom is -0.378 e. The molecule has 1 aliphatic heterocycles. The second-order valence-electron chi connectivity index (χ2n) is 4.19. The summed E-state index contributed by atoms with van der Waals surface area (Å²) in [5, 5.41) is 3.33. The molecule has 0 bridgehead atoms. The van der Waals surface area contributed by atoms with Gasteiger partial charge in [0.2, 0.25) is 0 Å². The molecule has 1 fully saturated rings. The van der Waals surface area contributed by atoms with Gasteiger partial charge in [-0.2, -0.15) is 0 Å². The fourth-order valence-electron chi connectivity index (χ4n) is 1.93. The van der Waals surface area contributed by atoms with E-state index in [2.05, 4.69) is 42.2 Å². The Morgan fingerprint density at radius 1 is 1.41 bits per heavy atom. The minimum absolute atomic E-state index is 0.422. The maximum atomic E-state index is 5.69. The molecule has 94 valence electrons. The second kappa shape index (κ2) is 6.71. The number of nitrogens with zero attached hydrogens (tertiary/aromatic N) is 1. The molecule has 0 amide bonds. The third kappa shape index (κ3) is 4.23. The summed E-state index contributed by atoms with van der Waals surface area (Å²) in [6.07, 6.45) is 6.96. The Morgan fingerprint density at radius 2 is 2.29 bits per heavy atom. The van der Waals surface area contributed by atoms with Crippen LogP contribution in [0.2, 0.25) is 0 Å². The van der Waals surface area contributed by atoms with Crippen LogP contribution in [0, 0.1) is 0 Å². The average molecular weight is 364 g/mol. The summed E-state index contributed by atoms with van der Waals surface area (Å²) < 4.78 is 7.65. The molecule has 3 nitrogen and oxygen atoms in total. The van der Waals surface area contributed by atoms with Gasteiger partial charge < -0.3 is 10.1 Å². The molecule has 17 heavy (non-hydrogen) atoms. The molecule has 1 saturated heterocycles. The van der Waals surface area contributed by atoms with Crippen LogP contribution in [0.4, 0.5) is 5.82 Å². The first-order chi connectivity index (χ1) is 8.25. The Balaban J connectivity index is 1.77. The van der Waals surface area contributed by atoms with Crippen molar-refractivity contribution in [1.82, 2.24) is 4.98 Å². The molecule has 0 aromatic carbocycles. The Kier molecular flexibility index (Phi) is 5.25. The SMILES string of the molecule is Brc1cnc(NCCC2CCCCO2)c(Br)c1. The standard InChI is InChI=1S/C12H16Br2N2O/c13-9-7-11(14)12(16-8-9)15-5-4-10-3-1-2-6-17-10/h7-8,10H,1-6H2,(H,15,16). The topological polar surface area (TPSA) is 34.2 Å². The van der Waals surface area contributed by atoms with E-state index >= 15 is 0 Å². The molecule has 1 atom stereocenters. The molecule has 1 unspecified atom stereocenters. The molecule has 1 aromatic rings. The van der Waals surface area contributed by atoms with Crippen molar-refractivity contribution in [1.29, 1.82) is 0 Å². The molecule has 1 aromatic heterocycles. The zero-order valence-corrected chi connectivity index (χ0v) is 12.8. The number of nitrogens with one attached hydrogen (secondary N) is 1. The number of hydrogen-bond donors (Lipinski definition) is 1. The Hall–Kier alpha value is -0.130. The molecule has 1 aliphatic rings. The summed E-state index contributed by atoms with van der Waals surface area (Å²) in [4.78, 5) is 4.31. The van der Waals surface area contributed by atoms with Gasteiger partial charge in [0.15, 0.2) is 0 Å². The van der Waals surface area contributed by atoms with Crippen LogP contribution in [0.3, 0.4) is 0 Å². The second-order valence-corrected chi connectivity index (χ2v) is 5.96. The normalized spacial score (nSPS) is 20.2. The lowest BCUT2D eigenvalue weighted by Crippen LogP contribution is -2.22. The van der Waals surface area contributed by atoms with Gasteiger partial charge in [-0.25, -0.2) is 4.98 Å². The van der Waals surface area contributed by atoms with E-state index in [-0.39, 0.29) is 0 Å². The van der Waals surface area contributed by atoms with Crippen LogP contribution < -0.4 is 5.32 Å². The van der Waals surface area contributed by atoms with Crippen molar-refractivity contribution in [3.63, 3.8) is 0 Å². The predicted molar refractivity (Wildman–Crippen MR) is 76.3 cm³/mol. The molecule has 2 heterocycles. The first kappa shape index (κ1) is 13.3. The molecular formula is C12H16Br2N2O. The Bertz CT molecular complexity index is 368. The van der Waals surface area contributed by atoms with E-state index < -0.39 is 0 Å². The van der Waals surface area contributed by atoms with Gasteiger partial charge in [-0.15, -0.1) is 0 Å². The van der Waals surface area contributed by atoms with Gasteiger partial charge in [0, 0.05) is 23.8 Å². The Labute approximate surface area is 119 Å². The number of ether oxygens (including phenoxy) is 1. The molecule has 0 aliphatic carbocycles. The lowest BCUT2D eigenvalue weighted by atomic mass is 10.1. The number of anilines is 1. The number of halogens is 2. The predicted octanol–water partition coefficient (Wildman–Crippen LogP) is 3.98. The van der Waals surface area contributed by atoms with E-state index in [4.69, 9.17) is 4.74 Å². The molecule has 0 radical (unpaired) electrons. The van der Waals surface area contributed by atoms with Crippen LogP contribution in [-0.2, 0) is 4.74 Å². The van der Waals surface area contributed by atoms with Crippen LogP contribution in [0.5, 0.6) is 0 Å². The summed E-state index contributed by atoms with van der Waals surface area (Å²) in [5.74, 6) is 0.893. The maximum absolute atomic E-state index is 5.69. The first-order valence-corrected chi connectivity index (χ1v) is 7.51. The zero-order chi connectivity index (χ0) is 12.1. The van der Waals surface area contributed by atoms with Gasteiger partial charge in [-0.1, -0.05) is 0 Å². The molecule has 0 spiro atoms. The van der Waals surface area contributed by atoms with Crippen LogP contribution in [0.1, 0.15) is 25.7 Å². The highest BCUT2D eigenvalue weighted by Crippen LogP contribution is 2.23. The van der Waals surface area contributed by atoms with Crippen molar-refractivity contribution in [2.75, 3.05) is 18.5 Å². The monoisotopic (exact) mass is 362 g/mol. The van der Waals surface area contributed by atoms with E-state index in [1.165, 1.54) is 19.3 Å². The van der Waals surface area contributed by atoms with Crippen LogP contribution >= 0.6 is 31.9 Å². The fraction of sp³-hybridized carbons (Fsp3) is 0.583. The summed E-state index contributed by atoms with van der Waals surface area (Å²) in [6.45, 7) is 1.82. The highest BCUT2D eigenvalue weighted by molar-refractivity contribution is 9.11. The van der Waals surface area contributed by atoms with Crippen LogP contribution in [0.15, 0.2) is 21.2 Å². The van der Waals surface area contributed by atoms with Crippen LogP contribution in [0.25, 0.3) is 0 Å². The van der Waals surface area contributed by atoms with Crippen molar-refractivity contribution in [2.24, 2.45) is 0 Å². The van der Waals surface area contributed by atoms with E-state index in [0.717, 1.165) is 34.3 Å². The van der Waals surface area contributed by atoms with Gasteiger partial charge in [0.25, 0.3) is 0 Å². The first-order valence-electron chi connectivity index (χ1n) is 5.92. The van der Waals surface area contributed by atoms with Gasteiger partial charge >= 0.3 is 0 Å². The van der Waals surface area contributed by atoms with Gasteiger partial charge in [-0.3, -0.25) is 0 Å². The van der Waals surface area contributed by atoms with Crippen molar-refractivity contribution < 1.29 is 4.74 Å². The summed E-state index contributed by atoms with van der Waals surface area (Å²) in [5.41, 5.74) is 0. The summed E-state index contributed by atoms with van der Waals surface area (Å²) >= 11 is 6.87. The smallest absolute Gasteiger partial charge is 0.140 e. The van der Waals surface area contributed by atoms with Crippen molar-refractivity contribution in [3.05, 3.63) is 21.2 Å². The largest absolute Gasteiger partial charge is 0.378 e. The highest BCUT2D eigenvalue weighted by Gasteiger charge is 2.13. The molecular weight excluding hydrogens is 348 g/mol. The van der Waals surface area contributed by atoms with E-state index in [9.17, 15) is 0 Å². The third-order valence-corrected chi connectivity index (χ3v) is 3.88. The Morgan fingerprint density at radius 3 is 3.00 bits per heavy atom. The third-order valence-electron chi connectivity index (χ3n) is 2.84. The average Bonchev–Trinajstić information content (AvgIpc) is 2.33. The van der Waals surface area contributed by atoms with E-state index in [0.29, 0.717) is 6.10 Å². The molecule has 1 N–H and O–H groups in total. The number of hydrogen-bond acceptors (Lipinski definition) is 3. The summed E-state index contributed by atoms with van der Waals surface area (Å²) in [7, 11) is 0. The summed E-state index contributed by atoms with van der Waals surface area (Å²) in [6, 6.07) is 1.99. The van der Waals surface area contributed by atoms with E-state index in [1.54, 1.807) is 6.20 Å². The van der Waals surface area contributed by atoms with Crippen molar-refractivity contribution in [2.45, 2.75) is 31.8 Å². The zero-order valence-electron chi connectivity index (χ0n) is 9.59. The van der Waals surface area contributed by atoms with Gasteiger partial charge in [-0.05, 0) is 63.6 Å². The van der Waals surface area contributed by atoms with Crippen molar-refractivity contribution in [3.8, 4) is 0 Å². The van der Waals surface area contributed by atoms with Gasteiger partial charge in [0.1, 0.15) is 5.82 Å². The van der Waals surface area contributed by atoms with Crippen molar-refractivity contribution >= 4 is 37.7 Å². The molecule has 5 heteroatoms. The number of aromatic nitrogens is 1. The fourth-order valence-corrected chi connectivity index (χ4v) is 3.06. The maximum Gasteiger partial charge on any atom is 0.140 e. The number of rotatable bonds is 4. The molecule has 2 rings (SSSR count). The number of pyridine rings is 1. The lowest BCUT2D eigenvalue weighted by Gasteiger charge is -2.22. The van der Waals surface area contributed by atoms with Gasteiger partial charge in [0.05, 0.1) is 10.6 Å². The molecule has 0 saturated carbocycles. The van der Waals surface area contributed by atoms with E-state index in [1.807, 2.05) is 6.07 Å². The lowest BCUT2D eigenvalue weighted by molar-refractivity contribution is 0.0134. The highest BCUT2D eigenvalue weighted by atomic mass is 79.9. The minimum atomic E-state index is 0.422. The van der Waals surface area contributed by atoms with Crippen LogP contribution in [-0.4, -0.2) is 24.2 Å². The quantitative estimate of drug-likeness (QED) is 0.878.